The first kappa shape index (κ1) is 15.6. The van der Waals surface area contributed by atoms with Gasteiger partial charge < -0.3 is 4.74 Å². The van der Waals surface area contributed by atoms with E-state index in [0.717, 1.165) is 19.3 Å². The van der Waals surface area contributed by atoms with Crippen LogP contribution in [-0.2, 0) is 9.05 Å². The summed E-state index contributed by atoms with van der Waals surface area (Å²) < 4.78 is 28.9. The first-order valence-corrected chi connectivity index (χ1v) is 9.05. The molecule has 0 amide bonds. The van der Waals surface area contributed by atoms with Crippen LogP contribution in [0.2, 0.25) is 0 Å². The van der Waals surface area contributed by atoms with E-state index in [2.05, 4.69) is 25.8 Å². The molecule has 0 spiro atoms. The molecule has 0 aliphatic heterocycles. The van der Waals surface area contributed by atoms with Gasteiger partial charge in [0.1, 0.15) is 11.0 Å². The van der Waals surface area contributed by atoms with E-state index in [0.29, 0.717) is 5.92 Å². The Bertz CT molecular complexity index is 586. The minimum Gasteiger partial charge on any atom is -0.473 e. The van der Waals surface area contributed by atoms with Gasteiger partial charge in [-0.15, -0.1) is 0 Å². The maximum Gasteiger partial charge on any atom is 0.266 e. The van der Waals surface area contributed by atoms with Crippen LogP contribution in [0.1, 0.15) is 40.0 Å². The summed E-state index contributed by atoms with van der Waals surface area (Å²) in [6, 6.07) is 2.96. The molecule has 2 unspecified atom stereocenters. The molecular formula is C14H20ClNO3S. The summed E-state index contributed by atoms with van der Waals surface area (Å²) >= 11 is 0. The van der Waals surface area contributed by atoms with Crippen molar-refractivity contribution in [3.63, 3.8) is 0 Å². The summed E-state index contributed by atoms with van der Waals surface area (Å²) in [7, 11) is 1.58. The van der Waals surface area contributed by atoms with Gasteiger partial charge in [0.15, 0.2) is 0 Å². The number of hydrogen-bond donors (Lipinski definition) is 0. The van der Waals surface area contributed by atoms with Crippen LogP contribution in [-0.4, -0.2) is 19.5 Å². The summed E-state index contributed by atoms with van der Waals surface area (Å²) in [6.07, 6.45) is 4.42. The van der Waals surface area contributed by atoms with Gasteiger partial charge >= 0.3 is 0 Å². The zero-order valence-corrected chi connectivity index (χ0v) is 13.5. The monoisotopic (exact) mass is 317 g/mol. The molecule has 0 bridgehead atoms. The molecular weight excluding hydrogens is 298 g/mol. The van der Waals surface area contributed by atoms with Gasteiger partial charge in [0, 0.05) is 16.9 Å². The predicted molar refractivity (Wildman–Crippen MR) is 78.5 cm³/mol. The van der Waals surface area contributed by atoms with Crippen molar-refractivity contribution in [3.05, 3.63) is 18.3 Å². The molecule has 0 N–H and O–H groups in total. The van der Waals surface area contributed by atoms with Crippen molar-refractivity contribution in [1.82, 2.24) is 4.98 Å². The van der Waals surface area contributed by atoms with E-state index in [1.807, 2.05) is 0 Å². The molecule has 0 saturated heterocycles. The molecule has 0 aromatic carbocycles. The van der Waals surface area contributed by atoms with Crippen LogP contribution in [0, 0.1) is 11.3 Å². The van der Waals surface area contributed by atoms with Crippen molar-refractivity contribution in [2.45, 2.75) is 51.0 Å². The SMILES string of the molecule is CC1CC(Oc2ncccc2S(=O)(=O)Cl)CC(C)(C)C1. The van der Waals surface area contributed by atoms with Gasteiger partial charge in [-0.25, -0.2) is 13.4 Å². The molecule has 2 atom stereocenters. The van der Waals surface area contributed by atoms with E-state index in [-0.39, 0.29) is 22.3 Å². The molecule has 1 fully saturated rings. The quantitative estimate of drug-likeness (QED) is 0.799. The van der Waals surface area contributed by atoms with Crippen LogP contribution in [0.25, 0.3) is 0 Å². The molecule has 1 aromatic heterocycles. The minimum absolute atomic E-state index is 0.0270. The third kappa shape index (κ3) is 3.85. The molecule has 1 saturated carbocycles. The second-order valence-corrected chi connectivity index (χ2v) is 8.93. The van der Waals surface area contributed by atoms with E-state index < -0.39 is 9.05 Å². The van der Waals surface area contributed by atoms with Crippen LogP contribution in [0.15, 0.2) is 23.2 Å². The molecule has 4 nitrogen and oxygen atoms in total. The summed E-state index contributed by atoms with van der Waals surface area (Å²) in [5.74, 6) is 0.654. The number of aromatic nitrogens is 1. The summed E-state index contributed by atoms with van der Waals surface area (Å²) in [6.45, 7) is 6.60. The molecule has 1 heterocycles. The van der Waals surface area contributed by atoms with Crippen LogP contribution in [0.5, 0.6) is 5.88 Å². The summed E-state index contributed by atoms with van der Waals surface area (Å²) in [5, 5.41) is 0. The second kappa shape index (κ2) is 5.53. The lowest BCUT2D eigenvalue weighted by molar-refractivity contribution is 0.0512. The fraction of sp³-hybridized carbons (Fsp3) is 0.643. The van der Waals surface area contributed by atoms with Crippen molar-refractivity contribution in [1.29, 1.82) is 0 Å². The number of rotatable bonds is 3. The standard InChI is InChI=1S/C14H20ClNO3S/c1-10-7-11(9-14(2,3)8-10)19-13-12(20(15,17)18)5-4-6-16-13/h4-6,10-11H,7-9H2,1-3H3. The number of hydrogen-bond acceptors (Lipinski definition) is 4. The Morgan fingerprint density at radius 1 is 1.40 bits per heavy atom. The minimum atomic E-state index is -3.84. The van der Waals surface area contributed by atoms with Crippen LogP contribution in [0.3, 0.4) is 0 Å². The maximum absolute atomic E-state index is 11.5. The Hall–Kier alpha value is -0.810. The molecule has 6 heteroatoms. The molecule has 0 radical (unpaired) electrons. The normalized spacial score (nSPS) is 26.2. The topological polar surface area (TPSA) is 56.3 Å². The van der Waals surface area contributed by atoms with Gasteiger partial charge in [0.2, 0.25) is 5.88 Å². The first-order valence-electron chi connectivity index (χ1n) is 6.74. The Morgan fingerprint density at radius 2 is 2.10 bits per heavy atom. The largest absolute Gasteiger partial charge is 0.473 e. The molecule has 2 rings (SSSR count). The van der Waals surface area contributed by atoms with Gasteiger partial charge in [0.25, 0.3) is 9.05 Å². The Labute approximate surface area is 124 Å². The Morgan fingerprint density at radius 3 is 2.70 bits per heavy atom. The maximum atomic E-state index is 11.5. The van der Waals surface area contributed by atoms with Crippen molar-refractivity contribution in [2.24, 2.45) is 11.3 Å². The fourth-order valence-electron chi connectivity index (χ4n) is 3.16. The van der Waals surface area contributed by atoms with Crippen LogP contribution in [0.4, 0.5) is 0 Å². The third-order valence-corrected chi connectivity index (χ3v) is 4.96. The highest BCUT2D eigenvalue weighted by Gasteiger charge is 2.34. The Balaban J connectivity index is 2.23. The smallest absolute Gasteiger partial charge is 0.266 e. The lowest BCUT2D eigenvalue weighted by Gasteiger charge is -2.38. The average Bonchev–Trinajstić information content (AvgIpc) is 2.25. The molecule has 20 heavy (non-hydrogen) atoms. The van der Waals surface area contributed by atoms with Gasteiger partial charge in [-0.1, -0.05) is 20.8 Å². The van der Waals surface area contributed by atoms with Crippen molar-refractivity contribution in [2.75, 3.05) is 0 Å². The first-order chi connectivity index (χ1) is 9.17. The number of pyridine rings is 1. The van der Waals surface area contributed by atoms with Gasteiger partial charge in [-0.2, -0.15) is 0 Å². The third-order valence-electron chi connectivity index (χ3n) is 3.62. The molecule has 1 aliphatic rings. The van der Waals surface area contributed by atoms with E-state index in [4.69, 9.17) is 15.4 Å². The average molecular weight is 318 g/mol. The molecule has 112 valence electrons. The number of nitrogens with zero attached hydrogens (tertiary/aromatic N) is 1. The van der Waals surface area contributed by atoms with Gasteiger partial charge in [-0.05, 0) is 42.7 Å². The van der Waals surface area contributed by atoms with Crippen LogP contribution >= 0.6 is 10.7 Å². The van der Waals surface area contributed by atoms with Gasteiger partial charge in [0.05, 0.1) is 0 Å². The van der Waals surface area contributed by atoms with E-state index in [1.165, 1.54) is 18.3 Å². The van der Waals surface area contributed by atoms with Crippen molar-refractivity contribution < 1.29 is 13.2 Å². The molecule has 1 aromatic rings. The summed E-state index contributed by atoms with van der Waals surface area (Å²) in [5.41, 5.74) is 0.192. The zero-order chi connectivity index (χ0) is 15.0. The van der Waals surface area contributed by atoms with Crippen molar-refractivity contribution in [3.8, 4) is 5.88 Å². The lowest BCUT2D eigenvalue weighted by atomic mass is 9.71. The summed E-state index contributed by atoms with van der Waals surface area (Å²) in [4.78, 5) is 3.97. The highest BCUT2D eigenvalue weighted by atomic mass is 35.7. The van der Waals surface area contributed by atoms with E-state index in [9.17, 15) is 8.42 Å². The van der Waals surface area contributed by atoms with E-state index in [1.54, 1.807) is 0 Å². The van der Waals surface area contributed by atoms with Crippen LogP contribution < -0.4 is 4.74 Å². The number of halogens is 1. The predicted octanol–water partition coefficient (Wildman–Crippen LogP) is 3.60. The zero-order valence-electron chi connectivity index (χ0n) is 12.0. The highest BCUT2D eigenvalue weighted by molar-refractivity contribution is 8.13. The fourth-order valence-corrected chi connectivity index (χ4v) is 4.06. The van der Waals surface area contributed by atoms with Gasteiger partial charge in [-0.3, -0.25) is 0 Å². The Kier molecular flexibility index (Phi) is 4.30. The molecule has 1 aliphatic carbocycles. The highest BCUT2D eigenvalue weighted by Crippen LogP contribution is 2.40. The van der Waals surface area contributed by atoms with E-state index >= 15 is 0 Å². The lowest BCUT2D eigenvalue weighted by Crippen LogP contribution is -2.34. The van der Waals surface area contributed by atoms with Crippen molar-refractivity contribution >= 4 is 19.7 Å². The number of ether oxygens (including phenoxy) is 1. The second-order valence-electron chi connectivity index (χ2n) is 6.40.